The fraction of sp³-hybridized carbons (Fsp3) is 0.273. The summed E-state index contributed by atoms with van der Waals surface area (Å²) in [6.07, 6.45) is 0.193. The Morgan fingerprint density at radius 3 is 3.00 bits per heavy atom. The average Bonchev–Trinajstić information content (AvgIpc) is 2.18. The molecule has 0 amide bonds. The van der Waals surface area contributed by atoms with Crippen molar-refractivity contribution in [3.05, 3.63) is 29.3 Å². The van der Waals surface area contributed by atoms with E-state index in [-0.39, 0.29) is 25.2 Å². The first-order chi connectivity index (χ1) is 7.22. The van der Waals surface area contributed by atoms with Crippen LogP contribution in [-0.2, 0) is 4.79 Å². The number of nitrogens with zero attached hydrogens (tertiary/aromatic N) is 1. The zero-order chi connectivity index (χ0) is 11.1. The molecule has 0 unspecified atom stereocenters. The van der Waals surface area contributed by atoms with E-state index in [0.29, 0.717) is 10.8 Å². The van der Waals surface area contributed by atoms with Gasteiger partial charge in [0.1, 0.15) is 11.5 Å². The topological polar surface area (TPSA) is 50.1 Å². The lowest BCUT2D eigenvalue weighted by Gasteiger charge is -2.04. The van der Waals surface area contributed by atoms with Crippen molar-refractivity contribution >= 4 is 17.4 Å². The lowest BCUT2D eigenvalue weighted by Crippen LogP contribution is -2.05. The van der Waals surface area contributed by atoms with Gasteiger partial charge in [0, 0.05) is 11.4 Å². The van der Waals surface area contributed by atoms with Gasteiger partial charge in [-0.2, -0.15) is 5.26 Å². The number of hydrogen-bond acceptors (Lipinski definition) is 3. The van der Waals surface area contributed by atoms with Crippen molar-refractivity contribution in [2.45, 2.75) is 12.8 Å². The summed E-state index contributed by atoms with van der Waals surface area (Å²) in [6, 6.07) is 8.76. The average molecular weight is 224 g/mol. The van der Waals surface area contributed by atoms with E-state index in [9.17, 15) is 4.79 Å². The number of hydrogen-bond donors (Lipinski definition) is 0. The number of benzene rings is 1. The Balaban J connectivity index is 2.32. The number of carbonyl (C=O) groups is 1. The van der Waals surface area contributed by atoms with Crippen molar-refractivity contribution < 1.29 is 9.53 Å². The van der Waals surface area contributed by atoms with Gasteiger partial charge in [0.15, 0.2) is 0 Å². The predicted octanol–water partition coefficient (Wildman–Crippen LogP) is 2.59. The number of ketones is 1. The van der Waals surface area contributed by atoms with Crippen molar-refractivity contribution in [1.82, 2.24) is 0 Å². The molecule has 0 heterocycles. The number of carbonyl (C=O) groups excluding carboxylic acids is 1. The van der Waals surface area contributed by atoms with Crippen molar-refractivity contribution in [1.29, 1.82) is 5.26 Å². The minimum Gasteiger partial charge on any atom is -0.493 e. The van der Waals surface area contributed by atoms with Crippen molar-refractivity contribution in [3.63, 3.8) is 0 Å². The monoisotopic (exact) mass is 223 g/mol. The standard InChI is InChI=1S/C11H10ClNO2/c12-9-2-1-3-11(8-9)15-7-5-10(14)4-6-13/h1-3,8H,4-5,7H2. The van der Waals surface area contributed by atoms with Crippen LogP contribution in [0.1, 0.15) is 12.8 Å². The highest BCUT2D eigenvalue weighted by molar-refractivity contribution is 6.30. The second kappa shape index (κ2) is 6.05. The van der Waals surface area contributed by atoms with Crippen LogP contribution in [0.15, 0.2) is 24.3 Å². The van der Waals surface area contributed by atoms with Crippen molar-refractivity contribution in [2.24, 2.45) is 0 Å². The lowest BCUT2D eigenvalue weighted by atomic mass is 10.2. The summed E-state index contributed by atoms with van der Waals surface area (Å²) in [7, 11) is 0. The molecule has 0 aliphatic heterocycles. The molecule has 1 rings (SSSR count). The molecule has 3 nitrogen and oxygen atoms in total. The number of nitriles is 1. The Morgan fingerprint density at radius 2 is 2.33 bits per heavy atom. The fourth-order valence-corrected chi connectivity index (χ4v) is 1.20. The Kier molecular flexibility index (Phi) is 4.65. The second-order valence-corrected chi connectivity index (χ2v) is 3.37. The normalized spacial score (nSPS) is 9.33. The number of halogens is 1. The molecule has 0 aromatic heterocycles. The maximum atomic E-state index is 11.0. The molecule has 1 aromatic rings. The molecule has 0 aliphatic rings. The number of Topliss-reactive ketones (excluding diaryl/α,β-unsaturated/α-hetero) is 1. The summed E-state index contributed by atoms with van der Waals surface area (Å²) in [4.78, 5) is 11.0. The molecule has 0 radical (unpaired) electrons. The van der Waals surface area contributed by atoms with E-state index in [0.717, 1.165) is 0 Å². The van der Waals surface area contributed by atoms with Gasteiger partial charge in [-0.1, -0.05) is 17.7 Å². The summed E-state index contributed by atoms with van der Waals surface area (Å²) in [5.74, 6) is 0.520. The molecule has 0 saturated heterocycles. The highest BCUT2D eigenvalue weighted by Crippen LogP contribution is 2.17. The van der Waals surface area contributed by atoms with Crippen LogP contribution in [0.5, 0.6) is 5.75 Å². The van der Waals surface area contributed by atoms with Crippen LogP contribution in [0.3, 0.4) is 0 Å². The Bertz CT molecular complexity index is 384. The zero-order valence-electron chi connectivity index (χ0n) is 8.07. The highest BCUT2D eigenvalue weighted by atomic mass is 35.5. The van der Waals surface area contributed by atoms with E-state index in [1.54, 1.807) is 30.3 Å². The smallest absolute Gasteiger partial charge is 0.150 e. The second-order valence-electron chi connectivity index (χ2n) is 2.93. The molecule has 0 N–H and O–H groups in total. The van der Waals surface area contributed by atoms with Crippen molar-refractivity contribution in [2.75, 3.05) is 6.61 Å². The Morgan fingerprint density at radius 1 is 1.53 bits per heavy atom. The van der Waals surface area contributed by atoms with Crippen molar-refractivity contribution in [3.8, 4) is 11.8 Å². The van der Waals surface area contributed by atoms with Gasteiger partial charge in [-0.15, -0.1) is 0 Å². The molecule has 0 saturated carbocycles. The lowest BCUT2D eigenvalue weighted by molar-refractivity contribution is -0.118. The quantitative estimate of drug-likeness (QED) is 0.771. The largest absolute Gasteiger partial charge is 0.493 e. The van der Waals surface area contributed by atoms with Gasteiger partial charge in [-0.05, 0) is 18.2 Å². The summed E-state index contributed by atoms with van der Waals surface area (Å²) >= 11 is 5.75. The number of ether oxygens (including phenoxy) is 1. The molecule has 78 valence electrons. The predicted molar refractivity (Wildman–Crippen MR) is 56.8 cm³/mol. The Labute approximate surface area is 93.2 Å². The summed E-state index contributed by atoms with van der Waals surface area (Å²) in [6.45, 7) is 0.279. The Hall–Kier alpha value is -1.53. The zero-order valence-corrected chi connectivity index (χ0v) is 8.83. The van der Waals surface area contributed by atoms with Gasteiger partial charge in [0.25, 0.3) is 0 Å². The van der Waals surface area contributed by atoms with Gasteiger partial charge in [0.2, 0.25) is 0 Å². The minimum absolute atomic E-state index is 0.0566. The third kappa shape index (κ3) is 4.48. The van der Waals surface area contributed by atoms with E-state index in [4.69, 9.17) is 21.6 Å². The third-order valence-corrected chi connectivity index (χ3v) is 1.96. The SMILES string of the molecule is N#CCC(=O)CCOc1cccc(Cl)c1. The number of rotatable bonds is 5. The van der Waals surface area contributed by atoms with Crippen LogP contribution in [0, 0.1) is 11.3 Å². The van der Waals surface area contributed by atoms with Gasteiger partial charge >= 0.3 is 0 Å². The maximum Gasteiger partial charge on any atom is 0.150 e. The van der Waals surface area contributed by atoms with E-state index in [1.165, 1.54) is 0 Å². The summed E-state index contributed by atoms with van der Waals surface area (Å²) in [5, 5.41) is 8.85. The molecule has 0 aliphatic carbocycles. The van der Waals surface area contributed by atoms with E-state index in [1.807, 2.05) is 0 Å². The van der Waals surface area contributed by atoms with Crippen LogP contribution in [0.2, 0.25) is 5.02 Å². The van der Waals surface area contributed by atoms with E-state index >= 15 is 0 Å². The van der Waals surface area contributed by atoms with Crippen LogP contribution in [-0.4, -0.2) is 12.4 Å². The van der Waals surface area contributed by atoms with E-state index in [2.05, 4.69) is 0 Å². The van der Waals surface area contributed by atoms with Gasteiger partial charge in [-0.3, -0.25) is 4.79 Å². The summed E-state index contributed by atoms with van der Waals surface area (Å²) in [5.41, 5.74) is 0. The van der Waals surface area contributed by atoms with Gasteiger partial charge in [-0.25, -0.2) is 0 Å². The summed E-state index contributed by atoms with van der Waals surface area (Å²) < 4.78 is 5.29. The molecule has 0 spiro atoms. The fourth-order valence-electron chi connectivity index (χ4n) is 1.02. The molecule has 0 bridgehead atoms. The van der Waals surface area contributed by atoms with Crippen LogP contribution >= 0.6 is 11.6 Å². The van der Waals surface area contributed by atoms with E-state index < -0.39 is 0 Å². The first-order valence-corrected chi connectivity index (χ1v) is 4.87. The molecule has 1 aromatic carbocycles. The third-order valence-electron chi connectivity index (χ3n) is 1.72. The highest BCUT2D eigenvalue weighted by Gasteiger charge is 2.01. The molecular formula is C11H10ClNO2. The van der Waals surface area contributed by atoms with Crippen LogP contribution < -0.4 is 4.74 Å². The van der Waals surface area contributed by atoms with Crippen LogP contribution in [0.25, 0.3) is 0 Å². The van der Waals surface area contributed by atoms with Gasteiger partial charge < -0.3 is 4.74 Å². The first kappa shape index (κ1) is 11.5. The maximum absolute atomic E-state index is 11.0. The molecule has 0 fully saturated rings. The molecule has 15 heavy (non-hydrogen) atoms. The van der Waals surface area contributed by atoms with Crippen LogP contribution in [0.4, 0.5) is 0 Å². The molecule has 0 atom stereocenters. The first-order valence-electron chi connectivity index (χ1n) is 4.49. The van der Waals surface area contributed by atoms with Gasteiger partial charge in [0.05, 0.1) is 19.1 Å². The molecular weight excluding hydrogens is 214 g/mol. The minimum atomic E-state index is -0.112. The molecule has 4 heteroatoms.